The van der Waals surface area contributed by atoms with Crippen molar-refractivity contribution >= 4 is 5.96 Å². The molecule has 1 fully saturated rings. The van der Waals surface area contributed by atoms with E-state index in [1.807, 2.05) is 18.2 Å². The molecule has 18 heavy (non-hydrogen) atoms. The second-order valence-corrected chi connectivity index (χ2v) is 4.93. The van der Waals surface area contributed by atoms with E-state index in [1.165, 1.54) is 18.4 Å². The number of nitrogens with zero attached hydrogens (tertiary/aromatic N) is 1. The summed E-state index contributed by atoms with van der Waals surface area (Å²) in [7, 11) is 1.71. The summed E-state index contributed by atoms with van der Waals surface area (Å²) in [5, 5.41) is 0. The van der Waals surface area contributed by atoms with E-state index in [0.717, 1.165) is 18.6 Å². The first-order chi connectivity index (χ1) is 8.68. The van der Waals surface area contributed by atoms with Gasteiger partial charge in [0.15, 0.2) is 5.96 Å². The first-order valence-corrected chi connectivity index (χ1v) is 6.37. The van der Waals surface area contributed by atoms with Gasteiger partial charge in [-0.2, -0.15) is 0 Å². The number of hydrogen-bond acceptors (Lipinski definition) is 2. The molecule has 0 amide bonds. The predicted molar refractivity (Wildman–Crippen MR) is 73.8 cm³/mol. The van der Waals surface area contributed by atoms with E-state index in [2.05, 4.69) is 11.1 Å². The number of ether oxygens (including phenoxy) is 1. The van der Waals surface area contributed by atoms with Gasteiger partial charge in [0.1, 0.15) is 5.75 Å². The van der Waals surface area contributed by atoms with Crippen LogP contribution in [-0.2, 0) is 5.41 Å². The molecule has 1 aliphatic rings. The van der Waals surface area contributed by atoms with Crippen LogP contribution in [0.4, 0.5) is 0 Å². The van der Waals surface area contributed by atoms with Crippen molar-refractivity contribution in [2.45, 2.75) is 31.1 Å². The van der Waals surface area contributed by atoms with Gasteiger partial charge in [-0.15, -0.1) is 0 Å². The molecule has 1 aliphatic carbocycles. The molecule has 0 atom stereocenters. The lowest BCUT2D eigenvalue weighted by Crippen LogP contribution is -2.30. The SMILES string of the molecule is COc1ccccc1C1(CN=C(N)N)CCCC1. The molecule has 0 aliphatic heterocycles. The Hall–Kier alpha value is -1.71. The third kappa shape index (κ3) is 2.42. The third-order valence-electron chi connectivity index (χ3n) is 3.80. The molecule has 0 unspecified atom stereocenters. The van der Waals surface area contributed by atoms with Gasteiger partial charge in [0.25, 0.3) is 0 Å². The zero-order valence-corrected chi connectivity index (χ0v) is 10.9. The summed E-state index contributed by atoms with van der Waals surface area (Å²) >= 11 is 0. The smallest absolute Gasteiger partial charge is 0.185 e. The number of benzene rings is 1. The molecule has 0 aromatic heterocycles. The quantitative estimate of drug-likeness (QED) is 0.629. The van der Waals surface area contributed by atoms with Gasteiger partial charge in [-0.25, -0.2) is 0 Å². The van der Waals surface area contributed by atoms with Gasteiger partial charge in [0.05, 0.1) is 13.7 Å². The van der Waals surface area contributed by atoms with E-state index in [1.54, 1.807) is 7.11 Å². The highest BCUT2D eigenvalue weighted by Crippen LogP contribution is 2.44. The molecule has 0 spiro atoms. The summed E-state index contributed by atoms with van der Waals surface area (Å²) in [5.74, 6) is 1.10. The highest BCUT2D eigenvalue weighted by molar-refractivity contribution is 5.75. The number of para-hydroxylation sites is 1. The minimum atomic E-state index is 0.0383. The minimum absolute atomic E-state index is 0.0383. The Balaban J connectivity index is 2.37. The van der Waals surface area contributed by atoms with Gasteiger partial charge in [-0.05, 0) is 18.9 Å². The summed E-state index contributed by atoms with van der Waals surface area (Å²) in [6.45, 7) is 0.649. The Labute approximate surface area is 108 Å². The Kier molecular flexibility index (Phi) is 3.75. The van der Waals surface area contributed by atoms with Crippen LogP contribution in [0.3, 0.4) is 0 Å². The minimum Gasteiger partial charge on any atom is -0.496 e. The topological polar surface area (TPSA) is 73.6 Å². The zero-order chi connectivity index (χ0) is 13.0. The second-order valence-electron chi connectivity index (χ2n) is 4.93. The molecule has 0 radical (unpaired) electrons. The number of rotatable bonds is 4. The van der Waals surface area contributed by atoms with E-state index >= 15 is 0 Å². The molecule has 4 N–H and O–H groups in total. The average Bonchev–Trinajstić information content (AvgIpc) is 2.86. The maximum atomic E-state index is 5.48. The van der Waals surface area contributed by atoms with Gasteiger partial charge in [0.2, 0.25) is 0 Å². The predicted octanol–water partition coefficient (Wildman–Crippen LogP) is 1.78. The molecular formula is C14H21N3O. The van der Waals surface area contributed by atoms with Crippen molar-refractivity contribution in [1.82, 2.24) is 0 Å². The van der Waals surface area contributed by atoms with Crippen LogP contribution < -0.4 is 16.2 Å². The summed E-state index contributed by atoms with van der Waals surface area (Å²) in [4.78, 5) is 4.25. The lowest BCUT2D eigenvalue weighted by molar-refractivity contribution is 0.378. The lowest BCUT2D eigenvalue weighted by atomic mass is 9.78. The van der Waals surface area contributed by atoms with Gasteiger partial charge in [-0.3, -0.25) is 4.99 Å². The number of methoxy groups -OCH3 is 1. The summed E-state index contributed by atoms with van der Waals surface area (Å²) < 4.78 is 5.48. The molecule has 4 nitrogen and oxygen atoms in total. The van der Waals surface area contributed by atoms with Crippen LogP contribution in [-0.4, -0.2) is 19.6 Å². The van der Waals surface area contributed by atoms with Crippen LogP contribution in [0.15, 0.2) is 29.3 Å². The molecular weight excluding hydrogens is 226 g/mol. The second kappa shape index (κ2) is 5.29. The normalized spacial score (nSPS) is 17.4. The largest absolute Gasteiger partial charge is 0.496 e. The Morgan fingerprint density at radius 2 is 1.94 bits per heavy atom. The summed E-state index contributed by atoms with van der Waals surface area (Å²) in [5.41, 5.74) is 12.2. The Bertz CT molecular complexity index is 432. The van der Waals surface area contributed by atoms with Gasteiger partial charge >= 0.3 is 0 Å². The van der Waals surface area contributed by atoms with Crippen LogP contribution in [0.2, 0.25) is 0 Å². The number of guanidine groups is 1. The van der Waals surface area contributed by atoms with Crippen molar-refractivity contribution in [2.75, 3.05) is 13.7 Å². The van der Waals surface area contributed by atoms with Gasteiger partial charge < -0.3 is 16.2 Å². The van der Waals surface area contributed by atoms with Crippen LogP contribution >= 0.6 is 0 Å². The fourth-order valence-electron chi connectivity index (χ4n) is 2.89. The van der Waals surface area contributed by atoms with E-state index in [0.29, 0.717) is 6.54 Å². The fraction of sp³-hybridized carbons (Fsp3) is 0.500. The molecule has 0 saturated heterocycles. The van der Waals surface area contributed by atoms with Crippen LogP contribution in [0, 0.1) is 0 Å². The molecule has 4 heteroatoms. The summed E-state index contributed by atoms with van der Waals surface area (Å²) in [6, 6.07) is 8.18. The number of hydrogen-bond donors (Lipinski definition) is 2. The monoisotopic (exact) mass is 247 g/mol. The van der Waals surface area contributed by atoms with Crippen molar-refractivity contribution < 1.29 is 4.74 Å². The average molecular weight is 247 g/mol. The van der Waals surface area contributed by atoms with E-state index < -0.39 is 0 Å². The van der Waals surface area contributed by atoms with Crippen molar-refractivity contribution in [3.8, 4) is 5.75 Å². The standard InChI is InChI=1S/C14H21N3O/c1-18-12-7-3-2-6-11(12)14(8-4-5-9-14)10-17-13(15)16/h2-3,6-7H,4-5,8-10H2,1H3,(H4,15,16,17). The van der Waals surface area contributed by atoms with Crippen molar-refractivity contribution in [3.63, 3.8) is 0 Å². The lowest BCUT2D eigenvalue weighted by Gasteiger charge is -2.29. The molecule has 1 saturated carbocycles. The van der Waals surface area contributed by atoms with Crippen molar-refractivity contribution in [2.24, 2.45) is 16.5 Å². The first kappa shape index (κ1) is 12.7. The molecule has 0 heterocycles. The number of aliphatic imine (C=N–C) groups is 1. The molecule has 98 valence electrons. The molecule has 1 aromatic carbocycles. The highest BCUT2D eigenvalue weighted by Gasteiger charge is 2.37. The van der Waals surface area contributed by atoms with Crippen LogP contribution in [0.1, 0.15) is 31.2 Å². The Morgan fingerprint density at radius 1 is 1.28 bits per heavy atom. The first-order valence-electron chi connectivity index (χ1n) is 6.37. The Morgan fingerprint density at radius 3 is 2.56 bits per heavy atom. The molecule has 1 aromatic rings. The van der Waals surface area contributed by atoms with Gasteiger partial charge in [0, 0.05) is 11.0 Å². The van der Waals surface area contributed by atoms with E-state index in [-0.39, 0.29) is 11.4 Å². The number of nitrogens with two attached hydrogens (primary N) is 2. The van der Waals surface area contributed by atoms with Gasteiger partial charge in [-0.1, -0.05) is 31.0 Å². The summed E-state index contributed by atoms with van der Waals surface area (Å²) in [6.07, 6.45) is 4.67. The zero-order valence-electron chi connectivity index (χ0n) is 10.9. The van der Waals surface area contributed by atoms with Crippen molar-refractivity contribution in [3.05, 3.63) is 29.8 Å². The third-order valence-corrected chi connectivity index (χ3v) is 3.80. The van der Waals surface area contributed by atoms with Crippen LogP contribution in [0.5, 0.6) is 5.75 Å². The highest BCUT2D eigenvalue weighted by atomic mass is 16.5. The van der Waals surface area contributed by atoms with E-state index in [9.17, 15) is 0 Å². The van der Waals surface area contributed by atoms with Crippen molar-refractivity contribution in [1.29, 1.82) is 0 Å². The molecule has 0 bridgehead atoms. The maximum Gasteiger partial charge on any atom is 0.185 e. The molecule has 2 rings (SSSR count). The maximum absolute atomic E-state index is 5.48. The van der Waals surface area contributed by atoms with E-state index in [4.69, 9.17) is 16.2 Å². The fourth-order valence-corrected chi connectivity index (χ4v) is 2.89. The van der Waals surface area contributed by atoms with Crippen LogP contribution in [0.25, 0.3) is 0 Å².